The highest BCUT2D eigenvalue weighted by molar-refractivity contribution is 5.94. The summed E-state index contributed by atoms with van der Waals surface area (Å²) in [6, 6.07) is 3.19. The van der Waals surface area contributed by atoms with E-state index in [2.05, 4.69) is 10.3 Å². The molecule has 0 saturated heterocycles. The maximum absolute atomic E-state index is 11.3. The Balaban J connectivity index is 2.82. The minimum atomic E-state index is -0.146. The normalized spacial score (nSPS) is 9.69. The summed E-state index contributed by atoms with van der Waals surface area (Å²) in [6.07, 6.45) is 1.51. The lowest BCUT2D eigenvalue weighted by Gasteiger charge is -2.02. The van der Waals surface area contributed by atoms with Crippen LogP contribution in [0.3, 0.4) is 0 Å². The Morgan fingerprint density at radius 2 is 2.46 bits per heavy atom. The van der Waals surface area contributed by atoms with Crippen LogP contribution in [0.5, 0.6) is 0 Å². The molecule has 0 spiro atoms. The lowest BCUT2D eigenvalue weighted by Crippen LogP contribution is -2.22. The average Bonchev–Trinajstić information content (AvgIpc) is 2.18. The highest BCUT2D eigenvalue weighted by Gasteiger charge is 2.04. The highest BCUT2D eigenvalue weighted by atomic mass is 16.3. The Hall–Kier alpha value is -1.42. The SMILES string of the molecule is CCNC(=O)c1ccnc(CO)c1. The Labute approximate surface area is 76.6 Å². The van der Waals surface area contributed by atoms with Gasteiger partial charge in [0, 0.05) is 18.3 Å². The van der Waals surface area contributed by atoms with Crippen LogP contribution in [0.1, 0.15) is 23.0 Å². The van der Waals surface area contributed by atoms with Crippen LogP contribution in [0, 0.1) is 0 Å². The summed E-state index contributed by atoms with van der Waals surface area (Å²) in [5.41, 5.74) is 1.03. The van der Waals surface area contributed by atoms with Gasteiger partial charge in [0.1, 0.15) is 0 Å². The van der Waals surface area contributed by atoms with Crippen molar-refractivity contribution in [1.29, 1.82) is 0 Å². The van der Waals surface area contributed by atoms with Crippen LogP contribution in [0.2, 0.25) is 0 Å². The zero-order valence-corrected chi connectivity index (χ0v) is 7.45. The van der Waals surface area contributed by atoms with Crippen LogP contribution in [-0.4, -0.2) is 22.5 Å². The van der Waals surface area contributed by atoms with Gasteiger partial charge in [0.05, 0.1) is 12.3 Å². The third kappa shape index (κ3) is 2.52. The smallest absolute Gasteiger partial charge is 0.251 e. The summed E-state index contributed by atoms with van der Waals surface area (Å²) in [7, 11) is 0. The standard InChI is InChI=1S/C9H12N2O2/c1-2-10-9(13)7-3-4-11-8(5-7)6-12/h3-5,12H,2,6H2,1H3,(H,10,13). The fourth-order valence-electron chi connectivity index (χ4n) is 0.969. The minimum absolute atomic E-state index is 0.139. The fourth-order valence-corrected chi connectivity index (χ4v) is 0.969. The number of carbonyl (C=O) groups excluding carboxylic acids is 1. The van der Waals surface area contributed by atoms with E-state index >= 15 is 0 Å². The van der Waals surface area contributed by atoms with Gasteiger partial charge in [0.15, 0.2) is 0 Å². The summed E-state index contributed by atoms with van der Waals surface area (Å²) in [4.78, 5) is 15.2. The van der Waals surface area contributed by atoms with Gasteiger partial charge in [-0.15, -0.1) is 0 Å². The number of aliphatic hydroxyl groups excluding tert-OH is 1. The van der Waals surface area contributed by atoms with Gasteiger partial charge in [0.2, 0.25) is 0 Å². The summed E-state index contributed by atoms with van der Waals surface area (Å²) >= 11 is 0. The average molecular weight is 180 g/mol. The number of amides is 1. The first kappa shape index (κ1) is 9.67. The van der Waals surface area contributed by atoms with Crippen molar-refractivity contribution in [2.75, 3.05) is 6.54 Å². The van der Waals surface area contributed by atoms with E-state index in [4.69, 9.17) is 5.11 Å². The third-order valence-electron chi connectivity index (χ3n) is 1.58. The van der Waals surface area contributed by atoms with E-state index in [1.54, 1.807) is 12.1 Å². The molecule has 1 amide bonds. The molecule has 0 fully saturated rings. The van der Waals surface area contributed by atoms with Crippen molar-refractivity contribution in [2.24, 2.45) is 0 Å². The number of nitrogens with one attached hydrogen (secondary N) is 1. The molecule has 0 aliphatic carbocycles. The van der Waals surface area contributed by atoms with Crippen LogP contribution in [-0.2, 0) is 6.61 Å². The number of hydrogen-bond donors (Lipinski definition) is 2. The zero-order chi connectivity index (χ0) is 9.68. The Morgan fingerprint density at radius 1 is 1.69 bits per heavy atom. The van der Waals surface area contributed by atoms with E-state index in [9.17, 15) is 4.79 Å². The predicted molar refractivity (Wildman–Crippen MR) is 48.2 cm³/mol. The molecule has 13 heavy (non-hydrogen) atoms. The van der Waals surface area contributed by atoms with Crippen molar-refractivity contribution in [3.63, 3.8) is 0 Å². The first-order chi connectivity index (χ1) is 6.27. The quantitative estimate of drug-likeness (QED) is 0.704. The molecule has 0 atom stereocenters. The van der Waals surface area contributed by atoms with Crippen molar-refractivity contribution >= 4 is 5.91 Å². The first-order valence-corrected chi connectivity index (χ1v) is 4.12. The van der Waals surface area contributed by atoms with Gasteiger partial charge in [-0.2, -0.15) is 0 Å². The molecule has 0 bridgehead atoms. The van der Waals surface area contributed by atoms with Crippen molar-refractivity contribution in [2.45, 2.75) is 13.5 Å². The second-order valence-corrected chi connectivity index (χ2v) is 2.55. The predicted octanol–water partition coefficient (Wildman–Crippen LogP) is 0.324. The van der Waals surface area contributed by atoms with Crippen LogP contribution in [0.15, 0.2) is 18.3 Å². The molecule has 1 aromatic heterocycles. The number of pyridine rings is 1. The summed E-state index contributed by atoms with van der Waals surface area (Å²) in [6.45, 7) is 2.30. The van der Waals surface area contributed by atoms with Gasteiger partial charge in [-0.25, -0.2) is 0 Å². The molecule has 4 nitrogen and oxygen atoms in total. The van der Waals surface area contributed by atoms with E-state index in [1.807, 2.05) is 6.92 Å². The van der Waals surface area contributed by atoms with Crippen molar-refractivity contribution in [3.05, 3.63) is 29.6 Å². The van der Waals surface area contributed by atoms with Gasteiger partial charge in [-0.1, -0.05) is 0 Å². The molecule has 0 unspecified atom stereocenters. The summed E-state index contributed by atoms with van der Waals surface area (Å²) in [5, 5.41) is 11.4. The molecule has 0 aliphatic rings. The van der Waals surface area contributed by atoms with E-state index in [0.29, 0.717) is 17.8 Å². The number of nitrogens with zero attached hydrogens (tertiary/aromatic N) is 1. The topological polar surface area (TPSA) is 62.2 Å². The van der Waals surface area contributed by atoms with Gasteiger partial charge in [-0.05, 0) is 19.1 Å². The molecule has 1 rings (SSSR count). The Morgan fingerprint density at radius 3 is 3.08 bits per heavy atom. The van der Waals surface area contributed by atoms with E-state index in [0.717, 1.165) is 0 Å². The fraction of sp³-hybridized carbons (Fsp3) is 0.333. The molecule has 0 saturated carbocycles. The molecule has 0 aliphatic heterocycles. The second-order valence-electron chi connectivity index (χ2n) is 2.55. The van der Waals surface area contributed by atoms with Gasteiger partial charge in [-0.3, -0.25) is 9.78 Å². The number of hydrogen-bond acceptors (Lipinski definition) is 3. The molecular weight excluding hydrogens is 168 g/mol. The van der Waals surface area contributed by atoms with E-state index < -0.39 is 0 Å². The largest absolute Gasteiger partial charge is 0.390 e. The molecule has 4 heteroatoms. The molecular formula is C9H12N2O2. The maximum Gasteiger partial charge on any atom is 0.251 e. The summed E-state index contributed by atoms with van der Waals surface area (Å²) in [5.74, 6) is -0.139. The monoisotopic (exact) mass is 180 g/mol. The molecule has 0 radical (unpaired) electrons. The minimum Gasteiger partial charge on any atom is -0.390 e. The Kier molecular flexibility index (Phi) is 3.40. The van der Waals surface area contributed by atoms with E-state index in [-0.39, 0.29) is 12.5 Å². The first-order valence-electron chi connectivity index (χ1n) is 4.12. The van der Waals surface area contributed by atoms with Crippen molar-refractivity contribution in [1.82, 2.24) is 10.3 Å². The number of rotatable bonds is 3. The molecule has 70 valence electrons. The van der Waals surface area contributed by atoms with Crippen molar-refractivity contribution in [3.8, 4) is 0 Å². The highest BCUT2D eigenvalue weighted by Crippen LogP contribution is 2.01. The van der Waals surface area contributed by atoms with Gasteiger partial charge < -0.3 is 10.4 Å². The van der Waals surface area contributed by atoms with Gasteiger partial charge in [0.25, 0.3) is 5.91 Å². The molecule has 1 aromatic rings. The Bertz CT molecular complexity index is 299. The second kappa shape index (κ2) is 4.57. The lowest BCUT2D eigenvalue weighted by molar-refractivity contribution is 0.0955. The zero-order valence-electron chi connectivity index (χ0n) is 7.45. The van der Waals surface area contributed by atoms with Crippen molar-refractivity contribution < 1.29 is 9.90 Å². The van der Waals surface area contributed by atoms with Crippen LogP contribution >= 0.6 is 0 Å². The van der Waals surface area contributed by atoms with Crippen LogP contribution < -0.4 is 5.32 Å². The maximum atomic E-state index is 11.3. The van der Waals surface area contributed by atoms with E-state index in [1.165, 1.54) is 6.20 Å². The number of aliphatic hydroxyl groups is 1. The van der Waals surface area contributed by atoms with Crippen LogP contribution in [0.25, 0.3) is 0 Å². The summed E-state index contributed by atoms with van der Waals surface area (Å²) < 4.78 is 0. The third-order valence-corrected chi connectivity index (χ3v) is 1.58. The number of carbonyl (C=O) groups is 1. The molecule has 2 N–H and O–H groups in total. The van der Waals surface area contributed by atoms with Gasteiger partial charge >= 0.3 is 0 Å². The number of aromatic nitrogens is 1. The lowest BCUT2D eigenvalue weighted by atomic mass is 10.2. The van der Waals surface area contributed by atoms with Crippen LogP contribution in [0.4, 0.5) is 0 Å². The molecule has 1 heterocycles. The molecule has 0 aromatic carbocycles.